The zero-order valence-corrected chi connectivity index (χ0v) is 15.1. The van der Waals surface area contributed by atoms with E-state index < -0.39 is 4.92 Å². The Balaban J connectivity index is 1.95. The Hall–Kier alpha value is -2.05. The average molecular weight is 377 g/mol. The summed E-state index contributed by atoms with van der Waals surface area (Å²) in [5.74, 6) is -0.0301. The number of rotatable bonds is 4. The number of benzene rings is 2. The highest BCUT2D eigenvalue weighted by atomic mass is 35.5. The van der Waals surface area contributed by atoms with Crippen LogP contribution in [0.5, 0.6) is 0 Å². The molecule has 3 rings (SSSR count). The lowest BCUT2D eigenvalue weighted by atomic mass is 10.1. The van der Waals surface area contributed by atoms with Gasteiger partial charge in [-0.3, -0.25) is 14.9 Å². The van der Waals surface area contributed by atoms with E-state index in [9.17, 15) is 14.9 Å². The molecule has 0 saturated carbocycles. The van der Waals surface area contributed by atoms with Crippen molar-refractivity contribution in [1.82, 2.24) is 4.90 Å². The molecule has 25 heavy (non-hydrogen) atoms. The van der Waals surface area contributed by atoms with Gasteiger partial charge in [0.15, 0.2) is 0 Å². The van der Waals surface area contributed by atoms with E-state index in [4.69, 9.17) is 11.6 Å². The highest BCUT2D eigenvalue weighted by Crippen LogP contribution is 2.41. The van der Waals surface area contributed by atoms with Gasteiger partial charge in [-0.05, 0) is 37.5 Å². The number of piperidine rings is 1. The van der Waals surface area contributed by atoms with E-state index in [0.717, 1.165) is 32.4 Å². The van der Waals surface area contributed by atoms with Crippen LogP contribution in [0.15, 0.2) is 52.3 Å². The van der Waals surface area contributed by atoms with E-state index in [1.54, 1.807) is 24.3 Å². The predicted octanol–water partition coefficient (Wildman–Crippen LogP) is 5.03. The zero-order chi connectivity index (χ0) is 17.8. The Bertz CT molecular complexity index is 807. The molecule has 7 heteroatoms. The van der Waals surface area contributed by atoms with Crippen molar-refractivity contribution in [1.29, 1.82) is 0 Å². The number of amides is 1. The van der Waals surface area contributed by atoms with Crippen molar-refractivity contribution in [3.8, 4) is 0 Å². The molecule has 0 bridgehead atoms. The lowest BCUT2D eigenvalue weighted by Gasteiger charge is -2.27. The van der Waals surface area contributed by atoms with Crippen LogP contribution < -0.4 is 0 Å². The second-order valence-corrected chi connectivity index (χ2v) is 7.26. The van der Waals surface area contributed by atoms with Crippen LogP contribution in [-0.4, -0.2) is 28.8 Å². The van der Waals surface area contributed by atoms with Crippen molar-refractivity contribution in [2.24, 2.45) is 0 Å². The van der Waals surface area contributed by atoms with Gasteiger partial charge in [-0.15, -0.1) is 0 Å². The van der Waals surface area contributed by atoms with Crippen molar-refractivity contribution < 1.29 is 9.72 Å². The number of nitrogens with zero attached hydrogens (tertiary/aromatic N) is 2. The van der Waals surface area contributed by atoms with E-state index in [0.29, 0.717) is 20.4 Å². The Morgan fingerprint density at radius 2 is 1.80 bits per heavy atom. The average Bonchev–Trinajstić information content (AvgIpc) is 2.64. The Kier molecular flexibility index (Phi) is 5.60. The first kappa shape index (κ1) is 17.8. The summed E-state index contributed by atoms with van der Waals surface area (Å²) in [6, 6.07) is 11.8. The summed E-state index contributed by atoms with van der Waals surface area (Å²) in [6.07, 6.45) is 3.17. The molecule has 0 aromatic heterocycles. The molecular formula is C18H17ClN2O3S. The molecule has 2 aromatic carbocycles. The van der Waals surface area contributed by atoms with Gasteiger partial charge in [0, 0.05) is 24.1 Å². The molecule has 0 unspecified atom stereocenters. The van der Waals surface area contributed by atoms with Crippen LogP contribution in [0.25, 0.3) is 0 Å². The van der Waals surface area contributed by atoms with Gasteiger partial charge < -0.3 is 4.90 Å². The van der Waals surface area contributed by atoms with E-state index in [1.807, 2.05) is 17.0 Å². The Morgan fingerprint density at radius 1 is 1.08 bits per heavy atom. The number of carbonyl (C=O) groups is 1. The second kappa shape index (κ2) is 7.89. The van der Waals surface area contributed by atoms with Gasteiger partial charge in [0.25, 0.3) is 11.6 Å². The number of carbonyl (C=O) groups excluding carboxylic acids is 1. The molecule has 1 heterocycles. The first-order valence-electron chi connectivity index (χ1n) is 8.07. The highest BCUT2D eigenvalue weighted by Gasteiger charge is 2.23. The third-order valence-corrected chi connectivity index (χ3v) is 5.75. The smallest absolute Gasteiger partial charge is 0.284 e. The number of halogens is 1. The third kappa shape index (κ3) is 3.96. The molecule has 1 amide bonds. The van der Waals surface area contributed by atoms with Crippen molar-refractivity contribution in [3.63, 3.8) is 0 Å². The maximum absolute atomic E-state index is 12.9. The maximum atomic E-state index is 12.9. The Labute approximate surface area is 155 Å². The lowest BCUT2D eigenvalue weighted by Crippen LogP contribution is -2.35. The van der Waals surface area contributed by atoms with Crippen LogP contribution in [-0.2, 0) is 0 Å². The van der Waals surface area contributed by atoms with E-state index in [1.165, 1.54) is 17.8 Å². The summed E-state index contributed by atoms with van der Waals surface area (Å²) in [4.78, 5) is 26.6. The fourth-order valence-corrected chi connectivity index (χ4v) is 4.18. The normalized spacial score (nSPS) is 14.4. The third-order valence-electron chi connectivity index (χ3n) is 4.12. The molecule has 0 radical (unpaired) electrons. The van der Waals surface area contributed by atoms with Crippen LogP contribution in [0.4, 0.5) is 5.69 Å². The fourth-order valence-electron chi connectivity index (χ4n) is 2.85. The molecule has 1 aliphatic heterocycles. The van der Waals surface area contributed by atoms with Crippen molar-refractivity contribution in [2.45, 2.75) is 29.1 Å². The van der Waals surface area contributed by atoms with Gasteiger partial charge in [-0.25, -0.2) is 0 Å². The topological polar surface area (TPSA) is 63.4 Å². The molecule has 0 spiro atoms. The molecule has 0 aliphatic carbocycles. The summed E-state index contributed by atoms with van der Waals surface area (Å²) >= 11 is 7.35. The number of hydrogen-bond donors (Lipinski definition) is 0. The minimum Gasteiger partial charge on any atom is -0.339 e. The molecule has 5 nitrogen and oxygen atoms in total. The summed E-state index contributed by atoms with van der Waals surface area (Å²) in [7, 11) is 0. The number of likely N-dealkylation sites (tertiary alicyclic amines) is 1. The van der Waals surface area contributed by atoms with Gasteiger partial charge in [0.1, 0.15) is 4.90 Å². The molecule has 1 saturated heterocycles. The summed E-state index contributed by atoms with van der Waals surface area (Å²) in [5, 5.41) is 11.6. The largest absolute Gasteiger partial charge is 0.339 e. The van der Waals surface area contributed by atoms with E-state index in [2.05, 4.69) is 0 Å². The van der Waals surface area contributed by atoms with Gasteiger partial charge in [0.2, 0.25) is 0 Å². The summed E-state index contributed by atoms with van der Waals surface area (Å²) in [5.41, 5.74) is 0.501. The first-order chi connectivity index (χ1) is 12.1. The first-order valence-corrected chi connectivity index (χ1v) is 9.26. The molecule has 130 valence electrons. The summed E-state index contributed by atoms with van der Waals surface area (Å²) in [6.45, 7) is 1.51. The van der Waals surface area contributed by atoms with Crippen LogP contribution in [0.2, 0.25) is 5.02 Å². The van der Waals surface area contributed by atoms with Gasteiger partial charge in [-0.1, -0.05) is 41.6 Å². The number of nitro benzene ring substituents is 1. The standard InChI is InChI=1S/C18H17ClN2O3S/c19-14-8-6-9-15(21(23)24)17(14)25-16-10-3-2-7-13(16)18(22)20-11-4-1-5-12-20/h2-3,6-10H,1,4-5,11-12H2. The minimum absolute atomic E-state index is 0.0301. The van der Waals surface area contributed by atoms with Crippen molar-refractivity contribution in [3.05, 3.63) is 63.2 Å². The van der Waals surface area contributed by atoms with E-state index >= 15 is 0 Å². The molecule has 1 aliphatic rings. The fraction of sp³-hybridized carbons (Fsp3) is 0.278. The van der Waals surface area contributed by atoms with Gasteiger partial charge in [0.05, 0.1) is 15.5 Å². The van der Waals surface area contributed by atoms with E-state index in [-0.39, 0.29) is 11.6 Å². The Morgan fingerprint density at radius 3 is 2.52 bits per heavy atom. The van der Waals surface area contributed by atoms with Gasteiger partial charge in [-0.2, -0.15) is 0 Å². The molecule has 0 N–H and O–H groups in total. The summed E-state index contributed by atoms with van der Waals surface area (Å²) < 4.78 is 0. The molecular weight excluding hydrogens is 360 g/mol. The quantitative estimate of drug-likeness (QED) is 0.554. The number of hydrogen-bond acceptors (Lipinski definition) is 4. The predicted molar refractivity (Wildman–Crippen MR) is 98.4 cm³/mol. The molecule has 2 aromatic rings. The maximum Gasteiger partial charge on any atom is 0.284 e. The van der Waals surface area contributed by atoms with Gasteiger partial charge >= 0.3 is 0 Å². The van der Waals surface area contributed by atoms with Crippen LogP contribution >= 0.6 is 23.4 Å². The SMILES string of the molecule is O=C(c1ccccc1Sc1c(Cl)cccc1[N+](=O)[O-])N1CCCCC1. The minimum atomic E-state index is -0.455. The lowest BCUT2D eigenvalue weighted by molar-refractivity contribution is -0.387. The number of nitro groups is 1. The highest BCUT2D eigenvalue weighted by molar-refractivity contribution is 7.99. The van der Waals surface area contributed by atoms with Crippen molar-refractivity contribution >= 4 is 35.0 Å². The van der Waals surface area contributed by atoms with Crippen LogP contribution in [0.1, 0.15) is 29.6 Å². The zero-order valence-electron chi connectivity index (χ0n) is 13.5. The molecule has 1 fully saturated rings. The molecule has 0 atom stereocenters. The van der Waals surface area contributed by atoms with Crippen LogP contribution in [0, 0.1) is 10.1 Å². The van der Waals surface area contributed by atoms with Crippen molar-refractivity contribution in [2.75, 3.05) is 13.1 Å². The second-order valence-electron chi connectivity index (χ2n) is 5.80. The monoisotopic (exact) mass is 376 g/mol. The van der Waals surface area contributed by atoms with Crippen LogP contribution in [0.3, 0.4) is 0 Å².